The standard InChI is InChI=1S/C11H12ClF3N2O/c12-9-4-7(11(13,14)15)5-16-10(9)17-6-8-2-1-3-18-8/h4-5,8H,1-3,6H2,(H,16,17)/t8-/m1/s1. The molecule has 1 atom stereocenters. The summed E-state index contributed by atoms with van der Waals surface area (Å²) < 4.78 is 42.6. The van der Waals surface area contributed by atoms with E-state index in [1.165, 1.54) is 0 Å². The van der Waals surface area contributed by atoms with Crippen molar-refractivity contribution in [1.82, 2.24) is 4.98 Å². The van der Waals surface area contributed by atoms with Crippen molar-refractivity contribution in [2.75, 3.05) is 18.5 Å². The van der Waals surface area contributed by atoms with Gasteiger partial charge in [-0.2, -0.15) is 13.2 Å². The molecular formula is C11H12ClF3N2O. The first-order valence-electron chi connectivity index (χ1n) is 5.55. The smallest absolute Gasteiger partial charge is 0.376 e. The molecule has 1 N–H and O–H groups in total. The minimum atomic E-state index is -4.43. The van der Waals surface area contributed by atoms with Crippen LogP contribution in [0, 0.1) is 0 Å². The van der Waals surface area contributed by atoms with Crippen molar-refractivity contribution in [1.29, 1.82) is 0 Å². The van der Waals surface area contributed by atoms with E-state index in [0.717, 1.165) is 31.7 Å². The molecule has 2 rings (SSSR count). The van der Waals surface area contributed by atoms with Crippen molar-refractivity contribution < 1.29 is 17.9 Å². The Bertz CT molecular complexity index is 419. The van der Waals surface area contributed by atoms with Gasteiger partial charge in [0.15, 0.2) is 0 Å². The normalized spacial score (nSPS) is 20.1. The molecule has 1 aliphatic heterocycles. The topological polar surface area (TPSA) is 34.2 Å². The number of hydrogen-bond acceptors (Lipinski definition) is 3. The Labute approximate surface area is 107 Å². The lowest BCUT2D eigenvalue weighted by molar-refractivity contribution is -0.137. The van der Waals surface area contributed by atoms with Gasteiger partial charge in [0, 0.05) is 19.3 Å². The van der Waals surface area contributed by atoms with Gasteiger partial charge in [0.25, 0.3) is 0 Å². The van der Waals surface area contributed by atoms with Gasteiger partial charge >= 0.3 is 6.18 Å². The maximum Gasteiger partial charge on any atom is 0.417 e. The highest BCUT2D eigenvalue weighted by atomic mass is 35.5. The molecule has 100 valence electrons. The number of aromatic nitrogens is 1. The maximum absolute atomic E-state index is 12.4. The van der Waals surface area contributed by atoms with Gasteiger partial charge in [-0.25, -0.2) is 4.98 Å². The fourth-order valence-electron chi connectivity index (χ4n) is 1.74. The van der Waals surface area contributed by atoms with Crippen LogP contribution in [0.25, 0.3) is 0 Å². The molecule has 1 saturated heterocycles. The summed E-state index contributed by atoms with van der Waals surface area (Å²) in [5.74, 6) is 0.250. The third kappa shape index (κ3) is 3.26. The predicted molar refractivity (Wildman–Crippen MR) is 61.7 cm³/mol. The Morgan fingerprint density at radius 1 is 1.50 bits per heavy atom. The predicted octanol–water partition coefficient (Wildman–Crippen LogP) is 3.34. The SMILES string of the molecule is FC(F)(F)c1cnc(NC[C@H]2CCCO2)c(Cl)c1. The first-order chi connectivity index (χ1) is 8.47. The van der Waals surface area contributed by atoms with E-state index >= 15 is 0 Å². The first kappa shape index (κ1) is 13.4. The number of anilines is 1. The van der Waals surface area contributed by atoms with Crippen molar-refractivity contribution in [2.45, 2.75) is 25.1 Å². The largest absolute Gasteiger partial charge is 0.417 e. The summed E-state index contributed by atoms with van der Waals surface area (Å²) in [6.07, 6.45) is -1.65. The van der Waals surface area contributed by atoms with E-state index in [9.17, 15) is 13.2 Å². The van der Waals surface area contributed by atoms with Gasteiger partial charge in [-0.05, 0) is 18.9 Å². The summed E-state index contributed by atoms with van der Waals surface area (Å²) in [6, 6.07) is 0.867. The lowest BCUT2D eigenvalue weighted by Gasteiger charge is -2.13. The Morgan fingerprint density at radius 2 is 2.28 bits per heavy atom. The zero-order valence-electron chi connectivity index (χ0n) is 9.43. The second kappa shape index (κ2) is 5.32. The van der Waals surface area contributed by atoms with Crippen LogP contribution in [0.2, 0.25) is 5.02 Å². The second-order valence-corrected chi connectivity index (χ2v) is 4.48. The minimum Gasteiger partial charge on any atom is -0.376 e. The molecule has 1 aliphatic rings. The zero-order valence-corrected chi connectivity index (χ0v) is 10.2. The lowest BCUT2D eigenvalue weighted by Crippen LogP contribution is -2.19. The summed E-state index contributed by atoms with van der Waals surface area (Å²) in [6.45, 7) is 1.22. The van der Waals surface area contributed by atoms with Crippen LogP contribution in [0.3, 0.4) is 0 Å². The molecule has 0 radical (unpaired) electrons. The average Bonchev–Trinajstić information content (AvgIpc) is 2.79. The molecule has 0 spiro atoms. The molecule has 0 unspecified atom stereocenters. The van der Waals surface area contributed by atoms with E-state index in [2.05, 4.69) is 10.3 Å². The third-order valence-corrected chi connectivity index (χ3v) is 2.98. The van der Waals surface area contributed by atoms with Crippen LogP contribution in [0.1, 0.15) is 18.4 Å². The highest BCUT2D eigenvalue weighted by Gasteiger charge is 2.31. The molecule has 7 heteroatoms. The molecule has 1 aromatic heterocycles. The summed E-state index contributed by atoms with van der Waals surface area (Å²) in [5.41, 5.74) is -0.852. The zero-order chi connectivity index (χ0) is 13.2. The molecule has 0 aromatic carbocycles. The van der Waals surface area contributed by atoms with Crippen molar-refractivity contribution in [3.05, 3.63) is 22.8 Å². The van der Waals surface area contributed by atoms with Crippen LogP contribution >= 0.6 is 11.6 Å². The quantitative estimate of drug-likeness (QED) is 0.922. The molecule has 0 saturated carbocycles. The number of ether oxygens (including phenoxy) is 1. The molecule has 3 nitrogen and oxygen atoms in total. The molecular weight excluding hydrogens is 269 g/mol. The summed E-state index contributed by atoms with van der Waals surface area (Å²) in [5, 5.41) is 2.86. The Balaban J connectivity index is 2.01. The maximum atomic E-state index is 12.4. The number of halogens is 4. The molecule has 18 heavy (non-hydrogen) atoms. The van der Waals surface area contributed by atoms with E-state index in [0.29, 0.717) is 6.54 Å². The highest BCUT2D eigenvalue weighted by Crippen LogP contribution is 2.32. The fraction of sp³-hybridized carbons (Fsp3) is 0.545. The minimum absolute atomic E-state index is 0.0391. The van der Waals surface area contributed by atoms with Gasteiger partial charge in [-0.15, -0.1) is 0 Å². The monoisotopic (exact) mass is 280 g/mol. The number of hydrogen-bond donors (Lipinski definition) is 1. The van der Waals surface area contributed by atoms with E-state index in [4.69, 9.17) is 16.3 Å². The van der Waals surface area contributed by atoms with Gasteiger partial charge < -0.3 is 10.1 Å². The van der Waals surface area contributed by atoms with Crippen molar-refractivity contribution in [2.24, 2.45) is 0 Å². The van der Waals surface area contributed by atoms with E-state index in [1.807, 2.05) is 0 Å². The number of nitrogens with one attached hydrogen (secondary N) is 1. The second-order valence-electron chi connectivity index (χ2n) is 4.07. The molecule has 0 bridgehead atoms. The average molecular weight is 281 g/mol. The van der Waals surface area contributed by atoms with Crippen molar-refractivity contribution >= 4 is 17.4 Å². The Kier molecular flexibility index (Phi) is 3.97. The van der Waals surface area contributed by atoms with Gasteiger partial charge in [0.1, 0.15) is 5.82 Å². The summed E-state index contributed by atoms with van der Waals surface area (Å²) >= 11 is 5.76. The van der Waals surface area contributed by atoms with Gasteiger partial charge in [-0.3, -0.25) is 0 Å². The molecule has 1 aromatic rings. The van der Waals surface area contributed by atoms with Crippen molar-refractivity contribution in [3.63, 3.8) is 0 Å². The molecule has 1 fully saturated rings. The molecule has 0 aliphatic carbocycles. The fourth-order valence-corrected chi connectivity index (χ4v) is 1.97. The van der Waals surface area contributed by atoms with Crippen molar-refractivity contribution in [3.8, 4) is 0 Å². The Morgan fingerprint density at radius 3 is 2.83 bits per heavy atom. The number of rotatable bonds is 3. The number of pyridine rings is 1. The van der Waals surface area contributed by atoms with Crippen LogP contribution in [-0.2, 0) is 10.9 Å². The summed E-state index contributed by atoms with van der Waals surface area (Å²) in [4.78, 5) is 3.69. The van der Waals surface area contributed by atoms with E-state index < -0.39 is 11.7 Å². The van der Waals surface area contributed by atoms with Crippen LogP contribution in [-0.4, -0.2) is 24.2 Å². The third-order valence-electron chi connectivity index (χ3n) is 2.69. The van der Waals surface area contributed by atoms with Gasteiger partial charge in [-0.1, -0.05) is 11.6 Å². The van der Waals surface area contributed by atoms with E-state index in [-0.39, 0.29) is 16.9 Å². The van der Waals surface area contributed by atoms with Crippen LogP contribution < -0.4 is 5.32 Å². The molecule has 2 heterocycles. The van der Waals surface area contributed by atoms with Crippen LogP contribution in [0.5, 0.6) is 0 Å². The van der Waals surface area contributed by atoms with E-state index in [1.54, 1.807) is 0 Å². The molecule has 0 amide bonds. The lowest BCUT2D eigenvalue weighted by atomic mass is 10.2. The number of alkyl halides is 3. The van der Waals surface area contributed by atoms with Crippen LogP contribution in [0.15, 0.2) is 12.3 Å². The summed E-state index contributed by atoms with van der Waals surface area (Å²) in [7, 11) is 0. The van der Waals surface area contributed by atoms with Gasteiger partial charge in [0.05, 0.1) is 16.7 Å². The van der Waals surface area contributed by atoms with Crippen LogP contribution in [0.4, 0.5) is 19.0 Å². The number of nitrogens with zero attached hydrogens (tertiary/aromatic N) is 1. The Hall–Kier alpha value is -1.01. The van der Waals surface area contributed by atoms with Gasteiger partial charge in [0.2, 0.25) is 0 Å². The first-order valence-corrected chi connectivity index (χ1v) is 5.93. The highest BCUT2D eigenvalue weighted by molar-refractivity contribution is 6.32.